The largest absolute Gasteiger partial charge is 0.303 e. The Hall–Kier alpha value is 0.0200. The van der Waals surface area contributed by atoms with Gasteiger partial charge in [0, 0.05) is 10.7 Å². The fraction of sp³-hybridized carbons (Fsp3) is 0.889. The monoisotopic (exact) mass is 170 g/mol. The zero-order chi connectivity index (χ0) is 7.73. The van der Waals surface area contributed by atoms with Crippen molar-refractivity contribution >= 4 is 18.0 Å². The molecule has 0 aromatic rings. The lowest BCUT2D eigenvalue weighted by Gasteiger charge is -2.11. The SMILES string of the molecule is O=CC1(CC2CCCS2)CC1. The summed E-state index contributed by atoms with van der Waals surface area (Å²) in [6, 6.07) is 0. The predicted octanol–water partition coefficient (Wildman–Crippen LogP) is 2.25. The molecule has 11 heavy (non-hydrogen) atoms. The summed E-state index contributed by atoms with van der Waals surface area (Å²) in [4.78, 5) is 10.7. The summed E-state index contributed by atoms with van der Waals surface area (Å²) >= 11 is 2.07. The maximum atomic E-state index is 10.7. The highest BCUT2D eigenvalue weighted by Crippen LogP contribution is 2.50. The molecule has 2 heteroatoms. The van der Waals surface area contributed by atoms with Crippen LogP contribution in [0.3, 0.4) is 0 Å². The van der Waals surface area contributed by atoms with Crippen LogP contribution in [-0.2, 0) is 4.79 Å². The molecular weight excluding hydrogens is 156 g/mol. The Labute approximate surface area is 71.9 Å². The molecule has 0 N–H and O–H groups in total. The Morgan fingerprint density at radius 3 is 2.82 bits per heavy atom. The maximum Gasteiger partial charge on any atom is 0.126 e. The molecule has 0 radical (unpaired) electrons. The van der Waals surface area contributed by atoms with Crippen molar-refractivity contribution in [2.75, 3.05) is 5.75 Å². The molecule has 0 spiro atoms. The molecule has 2 aliphatic rings. The Bertz CT molecular complexity index is 157. The summed E-state index contributed by atoms with van der Waals surface area (Å²) in [5.41, 5.74) is 0.155. The number of hydrogen-bond donors (Lipinski definition) is 0. The summed E-state index contributed by atoms with van der Waals surface area (Å²) in [7, 11) is 0. The molecule has 1 saturated heterocycles. The number of rotatable bonds is 3. The summed E-state index contributed by atoms with van der Waals surface area (Å²) in [5.74, 6) is 1.32. The average molecular weight is 170 g/mol. The molecule has 0 aromatic heterocycles. The van der Waals surface area contributed by atoms with Crippen molar-refractivity contribution in [3.8, 4) is 0 Å². The van der Waals surface area contributed by atoms with Crippen LogP contribution in [0.4, 0.5) is 0 Å². The molecule has 1 atom stereocenters. The van der Waals surface area contributed by atoms with E-state index in [-0.39, 0.29) is 5.41 Å². The zero-order valence-corrected chi connectivity index (χ0v) is 7.53. The highest BCUT2D eigenvalue weighted by Gasteiger charge is 2.44. The third kappa shape index (κ3) is 1.61. The van der Waals surface area contributed by atoms with Crippen molar-refractivity contribution < 1.29 is 4.79 Å². The first kappa shape index (κ1) is 7.66. The van der Waals surface area contributed by atoms with Gasteiger partial charge in [0.15, 0.2) is 0 Å². The molecule has 2 fully saturated rings. The van der Waals surface area contributed by atoms with Crippen LogP contribution in [0.15, 0.2) is 0 Å². The van der Waals surface area contributed by atoms with Crippen molar-refractivity contribution in [3.05, 3.63) is 0 Å². The Kier molecular flexibility index (Phi) is 1.96. The van der Waals surface area contributed by atoms with E-state index in [1.165, 1.54) is 31.3 Å². The topological polar surface area (TPSA) is 17.1 Å². The van der Waals surface area contributed by atoms with Gasteiger partial charge in [-0.15, -0.1) is 0 Å². The number of carbonyl (C=O) groups is 1. The first-order valence-electron chi connectivity index (χ1n) is 4.43. The van der Waals surface area contributed by atoms with Crippen molar-refractivity contribution in [1.82, 2.24) is 0 Å². The van der Waals surface area contributed by atoms with Gasteiger partial charge in [0.25, 0.3) is 0 Å². The maximum absolute atomic E-state index is 10.7. The lowest BCUT2D eigenvalue weighted by atomic mass is 10.0. The fourth-order valence-electron chi connectivity index (χ4n) is 1.79. The quantitative estimate of drug-likeness (QED) is 0.604. The van der Waals surface area contributed by atoms with Gasteiger partial charge in [-0.2, -0.15) is 11.8 Å². The van der Waals surface area contributed by atoms with Gasteiger partial charge in [-0.3, -0.25) is 0 Å². The van der Waals surface area contributed by atoms with E-state index < -0.39 is 0 Å². The normalized spacial score (nSPS) is 33.6. The van der Waals surface area contributed by atoms with Crippen LogP contribution in [0, 0.1) is 5.41 Å². The van der Waals surface area contributed by atoms with Gasteiger partial charge in [0.05, 0.1) is 0 Å². The zero-order valence-electron chi connectivity index (χ0n) is 6.71. The lowest BCUT2D eigenvalue weighted by Crippen LogP contribution is -2.09. The van der Waals surface area contributed by atoms with Crippen LogP contribution in [0.1, 0.15) is 32.1 Å². The highest BCUT2D eigenvalue weighted by atomic mass is 32.2. The van der Waals surface area contributed by atoms with Gasteiger partial charge in [-0.1, -0.05) is 0 Å². The molecular formula is C9H14OS. The molecule has 62 valence electrons. The predicted molar refractivity (Wildman–Crippen MR) is 47.8 cm³/mol. The first-order chi connectivity index (χ1) is 5.35. The standard InChI is InChI=1S/C9H14OS/c10-7-9(3-4-9)6-8-2-1-5-11-8/h7-8H,1-6H2. The van der Waals surface area contributed by atoms with Crippen molar-refractivity contribution in [1.29, 1.82) is 0 Å². The molecule has 0 amide bonds. The number of aldehydes is 1. The second kappa shape index (κ2) is 2.81. The van der Waals surface area contributed by atoms with Gasteiger partial charge in [-0.25, -0.2) is 0 Å². The van der Waals surface area contributed by atoms with Crippen LogP contribution < -0.4 is 0 Å². The van der Waals surface area contributed by atoms with E-state index >= 15 is 0 Å². The van der Waals surface area contributed by atoms with Crippen LogP contribution in [0.25, 0.3) is 0 Å². The van der Waals surface area contributed by atoms with E-state index in [2.05, 4.69) is 11.8 Å². The summed E-state index contributed by atoms with van der Waals surface area (Å²) in [6.07, 6.45) is 7.40. The number of thioether (sulfide) groups is 1. The van der Waals surface area contributed by atoms with Crippen molar-refractivity contribution in [3.63, 3.8) is 0 Å². The Balaban J connectivity index is 1.84. The second-order valence-corrected chi connectivity index (χ2v) is 5.23. The first-order valence-corrected chi connectivity index (χ1v) is 5.47. The van der Waals surface area contributed by atoms with E-state index in [0.29, 0.717) is 0 Å². The Morgan fingerprint density at radius 2 is 2.36 bits per heavy atom. The van der Waals surface area contributed by atoms with Crippen LogP contribution in [-0.4, -0.2) is 17.3 Å². The average Bonchev–Trinajstić information content (AvgIpc) is 2.59. The third-order valence-electron chi connectivity index (χ3n) is 2.80. The van der Waals surface area contributed by atoms with Gasteiger partial charge in [0.1, 0.15) is 6.29 Å². The van der Waals surface area contributed by atoms with E-state index in [1.807, 2.05) is 0 Å². The summed E-state index contributed by atoms with van der Waals surface area (Å²) in [5, 5.41) is 0.808. The van der Waals surface area contributed by atoms with Gasteiger partial charge in [-0.05, 0) is 37.9 Å². The molecule has 1 nitrogen and oxygen atoms in total. The smallest absolute Gasteiger partial charge is 0.126 e. The van der Waals surface area contributed by atoms with Crippen LogP contribution >= 0.6 is 11.8 Å². The second-order valence-electron chi connectivity index (χ2n) is 3.82. The fourth-order valence-corrected chi connectivity index (χ4v) is 3.24. The molecule has 0 bridgehead atoms. The number of hydrogen-bond acceptors (Lipinski definition) is 2. The van der Waals surface area contributed by atoms with Gasteiger partial charge >= 0.3 is 0 Å². The molecule has 1 aliphatic heterocycles. The summed E-state index contributed by atoms with van der Waals surface area (Å²) in [6.45, 7) is 0. The van der Waals surface area contributed by atoms with E-state index in [9.17, 15) is 4.79 Å². The van der Waals surface area contributed by atoms with E-state index in [4.69, 9.17) is 0 Å². The molecule has 1 saturated carbocycles. The van der Waals surface area contributed by atoms with Gasteiger partial charge in [0.2, 0.25) is 0 Å². The molecule has 1 heterocycles. The molecule has 1 aliphatic carbocycles. The molecule has 2 rings (SSSR count). The van der Waals surface area contributed by atoms with Crippen molar-refractivity contribution in [2.45, 2.75) is 37.4 Å². The van der Waals surface area contributed by atoms with E-state index in [0.717, 1.165) is 18.1 Å². The minimum absolute atomic E-state index is 0.155. The minimum atomic E-state index is 0.155. The van der Waals surface area contributed by atoms with E-state index in [1.54, 1.807) is 0 Å². The number of carbonyl (C=O) groups excluding carboxylic acids is 1. The summed E-state index contributed by atoms with van der Waals surface area (Å²) < 4.78 is 0. The van der Waals surface area contributed by atoms with Gasteiger partial charge < -0.3 is 4.79 Å². The van der Waals surface area contributed by atoms with Crippen LogP contribution in [0.2, 0.25) is 0 Å². The molecule has 0 aromatic carbocycles. The highest BCUT2D eigenvalue weighted by molar-refractivity contribution is 8.00. The Morgan fingerprint density at radius 1 is 1.55 bits per heavy atom. The third-order valence-corrected chi connectivity index (χ3v) is 4.20. The minimum Gasteiger partial charge on any atom is -0.303 e. The van der Waals surface area contributed by atoms with Crippen LogP contribution in [0.5, 0.6) is 0 Å². The molecule has 1 unspecified atom stereocenters. The lowest BCUT2D eigenvalue weighted by molar-refractivity contribution is -0.112. The van der Waals surface area contributed by atoms with Crippen molar-refractivity contribution in [2.24, 2.45) is 5.41 Å².